The summed E-state index contributed by atoms with van der Waals surface area (Å²) >= 11 is 1.63. The van der Waals surface area contributed by atoms with E-state index in [1.54, 1.807) is 11.8 Å². The van der Waals surface area contributed by atoms with Gasteiger partial charge in [0.15, 0.2) is 0 Å². The number of fused-ring (bicyclic) bond motifs is 1. The minimum absolute atomic E-state index is 0.0483. The fraction of sp³-hybridized carbons (Fsp3) is 0.318. The second-order valence-corrected chi connectivity index (χ2v) is 7.32. The molecule has 3 rings (SSSR count). The highest BCUT2D eigenvalue weighted by Gasteiger charge is 2.13. The Balaban J connectivity index is 1.30. The third-order valence-electron chi connectivity index (χ3n) is 4.36. The van der Waals surface area contributed by atoms with Gasteiger partial charge in [-0.05, 0) is 23.1 Å². The molecule has 0 atom stereocenters. The highest BCUT2D eigenvalue weighted by Crippen LogP contribution is 2.17. The number of benzene rings is 2. The molecule has 4 heteroatoms. The van der Waals surface area contributed by atoms with Crippen molar-refractivity contribution in [2.75, 3.05) is 25.4 Å². The molecule has 0 aromatic heterocycles. The molecule has 26 heavy (non-hydrogen) atoms. The topological polar surface area (TPSA) is 32.3 Å². The minimum Gasteiger partial charge on any atom is -0.344 e. The van der Waals surface area contributed by atoms with E-state index in [9.17, 15) is 4.79 Å². The van der Waals surface area contributed by atoms with Crippen molar-refractivity contribution in [1.29, 1.82) is 0 Å². The SMILES string of the molecule is O=C(CSCc1ccccc1)NCC#CCN1CCc2ccccc2C1. The van der Waals surface area contributed by atoms with Crippen molar-refractivity contribution < 1.29 is 4.79 Å². The molecule has 0 fully saturated rings. The number of hydrogen-bond acceptors (Lipinski definition) is 3. The predicted octanol–water partition coefficient (Wildman–Crippen LogP) is 3.10. The molecule has 1 heterocycles. The number of amides is 1. The number of rotatable bonds is 6. The van der Waals surface area contributed by atoms with Gasteiger partial charge in [0.1, 0.15) is 0 Å². The molecular formula is C22H24N2OS. The van der Waals surface area contributed by atoms with Crippen molar-refractivity contribution in [2.45, 2.75) is 18.7 Å². The highest BCUT2D eigenvalue weighted by molar-refractivity contribution is 7.99. The maximum atomic E-state index is 11.8. The van der Waals surface area contributed by atoms with Gasteiger partial charge >= 0.3 is 0 Å². The lowest BCUT2D eigenvalue weighted by Crippen LogP contribution is -2.31. The summed E-state index contributed by atoms with van der Waals surface area (Å²) < 4.78 is 0. The van der Waals surface area contributed by atoms with Crippen LogP contribution in [0.4, 0.5) is 0 Å². The van der Waals surface area contributed by atoms with Crippen molar-refractivity contribution in [3.63, 3.8) is 0 Å². The van der Waals surface area contributed by atoms with Crippen LogP contribution in [0.2, 0.25) is 0 Å². The van der Waals surface area contributed by atoms with E-state index >= 15 is 0 Å². The van der Waals surface area contributed by atoms with Crippen LogP contribution in [0.5, 0.6) is 0 Å². The fourth-order valence-corrected chi connectivity index (χ4v) is 3.77. The molecule has 1 amide bonds. The summed E-state index contributed by atoms with van der Waals surface area (Å²) in [5, 5.41) is 2.87. The lowest BCUT2D eigenvalue weighted by molar-refractivity contribution is -0.118. The first-order valence-corrected chi connectivity index (χ1v) is 10.1. The van der Waals surface area contributed by atoms with Gasteiger partial charge in [-0.15, -0.1) is 11.8 Å². The van der Waals surface area contributed by atoms with E-state index < -0.39 is 0 Å². The fourth-order valence-electron chi connectivity index (χ4n) is 2.95. The average molecular weight is 365 g/mol. The largest absolute Gasteiger partial charge is 0.344 e. The Hall–Kier alpha value is -2.22. The average Bonchev–Trinajstić information content (AvgIpc) is 2.68. The number of hydrogen-bond donors (Lipinski definition) is 1. The molecule has 2 aromatic carbocycles. The molecule has 134 valence electrons. The first-order chi connectivity index (χ1) is 12.8. The number of carbonyl (C=O) groups excluding carboxylic acids is 1. The smallest absolute Gasteiger partial charge is 0.230 e. The number of nitrogens with zero attached hydrogens (tertiary/aromatic N) is 1. The van der Waals surface area contributed by atoms with Gasteiger partial charge in [0.2, 0.25) is 5.91 Å². The van der Waals surface area contributed by atoms with E-state index in [-0.39, 0.29) is 5.91 Å². The van der Waals surface area contributed by atoms with Crippen LogP contribution in [-0.2, 0) is 23.5 Å². The van der Waals surface area contributed by atoms with Crippen molar-refractivity contribution >= 4 is 17.7 Å². The van der Waals surface area contributed by atoms with Gasteiger partial charge in [0.05, 0.1) is 18.8 Å². The second-order valence-electron chi connectivity index (χ2n) is 6.34. The van der Waals surface area contributed by atoms with Gasteiger partial charge in [-0.2, -0.15) is 0 Å². The molecule has 0 unspecified atom stereocenters. The Morgan fingerprint density at radius 2 is 1.81 bits per heavy atom. The summed E-state index contributed by atoms with van der Waals surface area (Å²) in [4.78, 5) is 14.2. The van der Waals surface area contributed by atoms with E-state index in [1.165, 1.54) is 16.7 Å². The van der Waals surface area contributed by atoms with E-state index in [0.29, 0.717) is 12.3 Å². The Labute approximate surface area is 160 Å². The molecular weight excluding hydrogens is 340 g/mol. The summed E-state index contributed by atoms with van der Waals surface area (Å²) in [6, 6.07) is 18.8. The summed E-state index contributed by atoms with van der Waals surface area (Å²) in [5.41, 5.74) is 4.11. The standard InChI is InChI=1S/C22H24N2OS/c25-22(18-26-17-19-8-2-1-3-9-19)23-13-6-7-14-24-15-12-20-10-4-5-11-21(20)16-24/h1-5,8-11H,12-18H2,(H,23,25). The Morgan fingerprint density at radius 3 is 2.65 bits per heavy atom. The summed E-state index contributed by atoms with van der Waals surface area (Å²) in [5.74, 6) is 7.62. The van der Waals surface area contributed by atoms with E-state index in [2.05, 4.69) is 58.5 Å². The Kier molecular flexibility index (Phi) is 7.18. The van der Waals surface area contributed by atoms with Crippen LogP contribution in [0.3, 0.4) is 0 Å². The van der Waals surface area contributed by atoms with Gasteiger partial charge in [-0.1, -0.05) is 66.4 Å². The molecule has 0 spiro atoms. The number of nitrogens with one attached hydrogen (secondary N) is 1. The van der Waals surface area contributed by atoms with Crippen LogP contribution >= 0.6 is 11.8 Å². The zero-order valence-corrected chi connectivity index (χ0v) is 15.7. The number of thioether (sulfide) groups is 1. The quantitative estimate of drug-likeness (QED) is 0.800. The van der Waals surface area contributed by atoms with Crippen LogP contribution in [0.1, 0.15) is 16.7 Å². The lowest BCUT2D eigenvalue weighted by Gasteiger charge is -2.26. The molecule has 0 radical (unpaired) electrons. The maximum Gasteiger partial charge on any atom is 0.230 e. The van der Waals surface area contributed by atoms with E-state index in [4.69, 9.17) is 0 Å². The van der Waals surface area contributed by atoms with Crippen LogP contribution in [-0.4, -0.2) is 36.2 Å². The number of carbonyl (C=O) groups is 1. The first kappa shape index (κ1) is 18.6. The molecule has 0 aliphatic carbocycles. The minimum atomic E-state index is 0.0483. The van der Waals surface area contributed by atoms with Gasteiger partial charge in [0.25, 0.3) is 0 Å². The molecule has 1 aliphatic rings. The molecule has 3 nitrogen and oxygen atoms in total. The zero-order chi connectivity index (χ0) is 18.0. The first-order valence-electron chi connectivity index (χ1n) is 8.94. The van der Waals surface area contributed by atoms with Gasteiger partial charge in [-0.25, -0.2) is 0 Å². The zero-order valence-electron chi connectivity index (χ0n) is 14.9. The molecule has 2 aromatic rings. The lowest BCUT2D eigenvalue weighted by atomic mass is 10.0. The van der Waals surface area contributed by atoms with Crippen molar-refractivity contribution in [2.24, 2.45) is 0 Å². The van der Waals surface area contributed by atoms with Gasteiger partial charge in [-0.3, -0.25) is 9.69 Å². The van der Waals surface area contributed by atoms with Crippen molar-refractivity contribution in [1.82, 2.24) is 10.2 Å². The maximum absolute atomic E-state index is 11.8. The van der Waals surface area contributed by atoms with Crippen molar-refractivity contribution in [3.8, 4) is 11.8 Å². The normalized spacial score (nSPS) is 13.4. The van der Waals surface area contributed by atoms with Crippen molar-refractivity contribution in [3.05, 3.63) is 71.3 Å². The van der Waals surface area contributed by atoms with Gasteiger partial charge < -0.3 is 5.32 Å². The van der Waals surface area contributed by atoms with Crippen LogP contribution in [0.25, 0.3) is 0 Å². The molecule has 0 saturated carbocycles. The third kappa shape index (κ3) is 5.94. The molecule has 0 saturated heterocycles. The van der Waals surface area contributed by atoms with Crippen LogP contribution in [0.15, 0.2) is 54.6 Å². The molecule has 0 bridgehead atoms. The van der Waals surface area contributed by atoms with E-state index in [0.717, 1.165) is 31.8 Å². The van der Waals surface area contributed by atoms with Crippen LogP contribution < -0.4 is 5.32 Å². The Morgan fingerprint density at radius 1 is 1.04 bits per heavy atom. The summed E-state index contributed by atoms with van der Waals surface area (Å²) in [7, 11) is 0. The monoisotopic (exact) mass is 364 g/mol. The van der Waals surface area contributed by atoms with E-state index in [1.807, 2.05) is 18.2 Å². The third-order valence-corrected chi connectivity index (χ3v) is 5.36. The van der Waals surface area contributed by atoms with Crippen LogP contribution in [0, 0.1) is 11.8 Å². The summed E-state index contributed by atoms with van der Waals surface area (Å²) in [6.07, 6.45) is 1.09. The molecule has 1 aliphatic heterocycles. The second kappa shape index (κ2) is 10.1. The Bertz CT molecular complexity index is 779. The summed E-state index contributed by atoms with van der Waals surface area (Å²) in [6.45, 7) is 3.20. The predicted molar refractivity (Wildman–Crippen MR) is 109 cm³/mol. The highest BCUT2D eigenvalue weighted by atomic mass is 32.2. The van der Waals surface area contributed by atoms with Gasteiger partial charge in [0, 0.05) is 18.8 Å². The molecule has 1 N–H and O–H groups in total.